The number of fused-ring (bicyclic) bond motifs is 2. The Kier molecular flexibility index (Phi) is 3.69. The molecule has 3 aromatic carbocycles. The first-order valence-electron chi connectivity index (χ1n) is 8.35. The number of benzene rings is 3. The Balaban J connectivity index is 1.55. The van der Waals surface area contributed by atoms with E-state index in [9.17, 15) is 4.79 Å². The fraction of sp³-hybridized carbons (Fsp3) is 0.190. The summed E-state index contributed by atoms with van der Waals surface area (Å²) in [6, 6.07) is 22.7. The van der Waals surface area contributed by atoms with Crippen molar-refractivity contribution in [1.82, 2.24) is 0 Å². The smallest absolute Gasteiger partial charge is 0.246 e. The second kappa shape index (κ2) is 6.00. The topological polar surface area (TPSA) is 32.3 Å². The third-order valence-corrected chi connectivity index (χ3v) is 4.70. The van der Waals surface area contributed by atoms with Gasteiger partial charge in [0.1, 0.15) is 0 Å². The van der Waals surface area contributed by atoms with Gasteiger partial charge in [-0.2, -0.15) is 0 Å². The van der Waals surface area contributed by atoms with Gasteiger partial charge in [-0.15, -0.1) is 0 Å². The van der Waals surface area contributed by atoms with Gasteiger partial charge in [-0.1, -0.05) is 54.6 Å². The molecular weight excluding hydrogens is 296 g/mol. The third kappa shape index (κ3) is 2.52. The van der Waals surface area contributed by atoms with Crippen LogP contribution in [0.15, 0.2) is 66.7 Å². The van der Waals surface area contributed by atoms with Gasteiger partial charge in [-0.25, -0.2) is 0 Å². The standard InChI is InChI=1S/C21H20N2O/c1-15-13-17-8-3-5-12-20(17)23(15)21(24)14-22-19-11-6-9-16-7-2-4-10-18(16)19/h2-12,15,22H,13-14H2,1H3/t15-/m1/s1. The third-order valence-electron chi connectivity index (χ3n) is 4.70. The minimum Gasteiger partial charge on any atom is -0.376 e. The Hall–Kier alpha value is -2.81. The maximum atomic E-state index is 12.8. The molecule has 0 unspecified atom stereocenters. The molecule has 1 aliphatic rings. The summed E-state index contributed by atoms with van der Waals surface area (Å²) in [6.45, 7) is 2.41. The zero-order valence-electron chi connectivity index (χ0n) is 13.7. The van der Waals surface area contributed by atoms with Crippen molar-refractivity contribution in [3.05, 3.63) is 72.3 Å². The number of hydrogen-bond acceptors (Lipinski definition) is 2. The highest BCUT2D eigenvalue weighted by Gasteiger charge is 2.30. The van der Waals surface area contributed by atoms with Crippen LogP contribution < -0.4 is 10.2 Å². The number of amides is 1. The summed E-state index contributed by atoms with van der Waals surface area (Å²) in [5, 5.41) is 5.64. The summed E-state index contributed by atoms with van der Waals surface area (Å²) >= 11 is 0. The number of carbonyl (C=O) groups is 1. The minimum absolute atomic E-state index is 0.111. The van der Waals surface area contributed by atoms with Crippen LogP contribution in [0.5, 0.6) is 0 Å². The molecule has 0 fully saturated rings. The number of anilines is 2. The fourth-order valence-electron chi connectivity index (χ4n) is 3.58. The molecule has 0 saturated carbocycles. The van der Waals surface area contributed by atoms with Crippen molar-refractivity contribution in [2.75, 3.05) is 16.8 Å². The average molecular weight is 316 g/mol. The first-order chi connectivity index (χ1) is 11.7. The second-order valence-corrected chi connectivity index (χ2v) is 6.33. The number of rotatable bonds is 3. The molecule has 3 nitrogen and oxygen atoms in total. The molecule has 0 bridgehead atoms. The van der Waals surface area contributed by atoms with E-state index in [0.29, 0.717) is 6.54 Å². The number of nitrogens with one attached hydrogen (secondary N) is 1. The first kappa shape index (κ1) is 14.8. The van der Waals surface area contributed by atoms with Gasteiger partial charge in [0.2, 0.25) is 5.91 Å². The molecule has 0 radical (unpaired) electrons. The number of para-hydroxylation sites is 1. The summed E-state index contributed by atoms with van der Waals surface area (Å²) in [6.07, 6.45) is 0.927. The van der Waals surface area contributed by atoms with Crippen molar-refractivity contribution >= 4 is 28.1 Å². The molecule has 1 heterocycles. The van der Waals surface area contributed by atoms with Crippen molar-refractivity contribution < 1.29 is 4.79 Å². The van der Waals surface area contributed by atoms with E-state index in [1.165, 1.54) is 10.9 Å². The molecule has 3 aromatic rings. The molecule has 120 valence electrons. The van der Waals surface area contributed by atoms with Crippen LogP contribution >= 0.6 is 0 Å². The lowest BCUT2D eigenvalue weighted by Gasteiger charge is -2.23. The van der Waals surface area contributed by atoms with Crippen molar-refractivity contribution in [2.45, 2.75) is 19.4 Å². The molecule has 1 N–H and O–H groups in total. The monoisotopic (exact) mass is 316 g/mol. The second-order valence-electron chi connectivity index (χ2n) is 6.33. The Labute approximate surface area is 141 Å². The predicted octanol–water partition coefficient (Wildman–Crippen LogP) is 4.23. The van der Waals surface area contributed by atoms with Crippen molar-refractivity contribution in [3.63, 3.8) is 0 Å². The van der Waals surface area contributed by atoms with Gasteiger partial charge >= 0.3 is 0 Å². The highest BCUT2D eigenvalue weighted by molar-refractivity contribution is 6.00. The maximum absolute atomic E-state index is 12.8. The summed E-state index contributed by atoms with van der Waals surface area (Å²) in [7, 11) is 0. The molecule has 4 rings (SSSR count). The predicted molar refractivity (Wildman–Crippen MR) is 99.5 cm³/mol. The van der Waals surface area contributed by atoms with Gasteiger partial charge in [0.05, 0.1) is 6.54 Å². The quantitative estimate of drug-likeness (QED) is 0.784. The minimum atomic E-state index is 0.111. The molecule has 0 saturated heterocycles. The Morgan fingerprint density at radius 3 is 2.71 bits per heavy atom. The van der Waals surface area contributed by atoms with Crippen LogP contribution in [-0.4, -0.2) is 18.5 Å². The van der Waals surface area contributed by atoms with Gasteiger partial charge in [0.25, 0.3) is 0 Å². The van der Waals surface area contributed by atoms with E-state index in [2.05, 4.69) is 36.5 Å². The van der Waals surface area contributed by atoms with Gasteiger partial charge in [0.15, 0.2) is 0 Å². The Morgan fingerprint density at radius 1 is 1.04 bits per heavy atom. The van der Waals surface area contributed by atoms with E-state index in [1.807, 2.05) is 47.4 Å². The van der Waals surface area contributed by atoms with E-state index in [0.717, 1.165) is 23.2 Å². The molecule has 1 atom stereocenters. The normalized spacial score (nSPS) is 16.2. The SMILES string of the molecule is C[C@@H]1Cc2ccccc2N1C(=O)CNc1cccc2ccccc12. The van der Waals surface area contributed by atoms with Crippen LogP contribution in [-0.2, 0) is 11.2 Å². The van der Waals surface area contributed by atoms with Crippen LogP contribution in [0, 0.1) is 0 Å². The van der Waals surface area contributed by atoms with Gasteiger partial charge < -0.3 is 10.2 Å². The number of hydrogen-bond donors (Lipinski definition) is 1. The van der Waals surface area contributed by atoms with E-state index >= 15 is 0 Å². The average Bonchev–Trinajstić information content (AvgIpc) is 2.95. The van der Waals surface area contributed by atoms with Crippen molar-refractivity contribution in [3.8, 4) is 0 Å². The molecule has 0 spiro atoms. The summed E-state index contributed by atoms with van der Waals surface area (Å²) in [5.74, 6) is 0.111. The van der Waals surface area contributed by atoms with Gasteiger partial charge in [0, 0.05) is 22.8 Å². The lowest BCUT2D eigenvalue weighted by Crippen LogP contribution is -2.39. The first-order valence-corrected chi connectivity index (χ1v) is 8.35. The lowest BCUT2D eigenvalue weighted by molar-refractivity contribution is -0.117. The molecule has 0 aromatic heterocycles. The Bertz CT molecular complexity index is 898. The van der Waals surface area contributed by atoms with E-state index < -0.39 is 0 Å². The Morgan fingerprint density at radius 2 is 1.79 bits per heavy atom. The van der Waals surface area contributed by atoms with E-state index in [4.69, 9.17) is 0 Å². The molecule has 0 aliphatic carbocycles. The highest BCUT2D eigenvalue weighted by Crippen LogP contribution is 2.32. The summed E-state index contributed by atoms with van der Waals surface area (Å²) in [5.41, 5.74) is 3.31. The van der Waals surface area contributed by atoms with Crippen LogP contribution in [0.2, 0.25) is 0 Å². The summed E-state index contributed by atoms with van der Waals surface area (Å²) < 4.78 is 0. The molecule has 1 amide bonds. The molecule has 24 heavy (non-hydrogen) atoms. The van der Waals surface area contributed by atoms with Crippen LogP contribution in [0.25, 0.3) is 10.8 Å². The fourth-order valence-corrected chi connectivity index (χ4v) is 3.58. The number of carbonyl (C=O) groups excluding carboxylic acids is 1. The van der Waals surface area contributed by atoms with Gasteiger partial charge in [-0.05, 0) is 36.4 Å². The zero-order chi connectivity index (χ0) is 16.5. The molecule has 1 aliphatic heterocycles. The maximum Gasteiger partial charge on any atom is 0.246 e. The zero-order valence-corrected chi connectivity index (χ0v) is 13.7. The van der Waals surface area contributed by atoms with Crippen LogP contribution in [0.1, 0.15) is 12.5 Å². The van der Waals surface area contributed by atoms with Crippen molar-refractivity contribution in [2.24, 2.45) is 0 Å². The van der Waals surface area contributed by atoms with Gasteiger partial charge in [-0.3, -0.25) is 4.79 Å². The van der Waals surface area contributed by atoms with E-state index in [1.54, 1.807) is 0 Å². The van der Waals surface area contributed by atoms with E-state index in [-0.39, 0.29) is 11.9 Å². The molecular formula is C21H20N2O. The highest BCUT2D eigenvalue weighted by atomic mass is 16.2. The molecule has 3 heteroatoms. The number of nitrogens with zero attached hydrogens (tertiary/aromatic N) is 1. The largest absolute Gasteiger partial charge is 0.376 e. The van der Waals surface area contributed by atoms with Crippen molar-refractivity contribution in [1.29, 1.82) is 0 Å². The van der Waals surface area contributed by atoms with Crippen LogP contribution in [0.4, 0.5) is 11.4 Å². The van der Waals surface area contributed by atoms with Crippen LogP contribution in [0.3, 0.4) is 0 Å². The summed E-state index contributed by atoms with van der Waals surface area (Å²) in [4.78, 5) is 14.7. The lowest BCUT2D eigenvalue weighted by atomic mass is 10.1.